The summed E-state index contributed by atoms with van der Waals surface area (Å²) >= 11 is 0. The molecule has 3 unspecified atom stereocenters. The van der Waals surface area contributed by atoms with Crippen molar-refractivity contribution in [1.29, 1.82) is 0 Å². The molecule has 92 valence electrons. The molecule has 2 aliphatic rings. The van der Waals surface area contributed by atoms with Crippen molar-refractivity contribution in [2.45, 2.75) is 25.3 Å². The second kappa shape index (κ2) is 4.10. The number of rotatable bonds is 1. The number of likely N-dealkylation sites (tertiary alicyclic amines) is 1. The van der Waals surface area contributed by atoms with Crippen molar-refractivity contribution in [3.63, 3.8) is 0 Å². The molecule has 1 saturated heterocycles. The van der Waals surface area contributed by atoms with Crippen molar-refractivity contribution < 1.29 is 4.79 Å². The molecule has 6 nitrogen and oxygen atoms in total. The summed E-state index contributed by atoms with van der Waals surface area (Å²) in [7, 11) is 0. The molecular weight excluding hydrogens is 218 g/mol. The Kier molecular flexibility index (Phi) is 2.58. The molecule has 1 aromatic rings. The molecule has 1 aliphatic carbocycles. The lowest BCUT2D eigenvalue weighted by Gasteiger charge is -2.29. The van der Waals surface area contributed by atoms with Crippen LogP contribution in [0.5, 0.6) is 0 Å². The number of carbonyl (C=O) groups excluding carboxylic acids is 1. The van der Waals surface area contributed by atoms with Crippen LogP contribution in [0.2, 0.25) is 0 Å². The summed E-state index contributed by atoms with van der Waals surface area (Å²) in [6.45, 7) is 1.59. The molecule has 6 heteroatoms. The topological polar surface area (TPSA) is 87.9 Å². The zero-order valence-corrected chi connectivity index (χ0v) is 9.67. The number of H-pyrrole nitrogens is 1. The van der Waals surface area contributed by atoms with Gasteiger partial charge in [0.25, 0.3) is 5.91 Å². The van der Waals surface area contributed by atoms with Crippen molar-refractivity contribution in [2.24, 2.45) is 17.6 Å². The Hall–Kier alpha value is -1.43. The highest BCUT2D eigenvalue weighted by molar-refractivity contribution is 5.90. The van der Waals surface area contributed by atoms with Gasteiger partial charge < -0.3 is 10.6 Å². The highest BCUT2D eigenvalue weighted by Crippen LogP contribution is 2.35. The second-order valence-electron chi connectivity index (χ2n) is 5.06. The van der Waals surface area contributed by atoms with Gasteiger partial charge in [-0.1, -0.05) is 6.42 Å². The Balaban J connectivity index is 1.73. The van der Waals surface area contributed by atoms with Crippen molar-refractivity contribution in [2.75, 3.05) is 13.1 Å². The number of hydrogen-bond acceptors (Lipinski definition) is 4. The van der Waals surface area contributed by atoms with E-state index in [0.29, 0.717) is 17.7 Å². The molecule has 3 rings (SSSR count). The van der Waals surface area contributed by atoms with Crippen molar-refractivity contribution in [1.82, 2.24) is 20.1 Å². The highest BCUT2D eigenvalue weighted by atomic mass is 16.2. The normalized spacial score (nSPS) is 32.5. The first-order valence-electron chi connectivity index (χ1n) is 6.16. The highest BCUT2D eigenvalue weighted by Gasteiger charge is 2.40. The summed E-state index contributed by atoms with van der Waals surface area (Å²) in [5.74, 6) is 1.32. The zero-order chi connectivity index (χ0) is 11.8. The predicted octanol–water partition coefficient (Wildman–Crippen LogP) is 0.00410. The maximum absolute atomic E-state index is 12.1. The molecule has 0 aromatic carbocycles. The van der Waals surface area contributed by atoms with Crippen LogP contribution in [0.1, 0.15) is 29.9 Å². The lowest BCUT2D eigenvalue weighted by Crippen LogP contribution is -2.38. The maximum atomic E-state index is 12.1. The summed E-state index contributed by atoms with van der Waals surface area (Å²) in [6.07, 6.45) is 4.83. The van der Waals surface area contributed by atoms with E-state index in [1.807, 2.05) is 4.90 Å². The Morgan fingerprint density at radius 2 is 2.35 bits per heavy atom. The fourth-order valence-electron chi connectivity index (χ4n) is 3.14. The van der Waals surface area contributed by atoms with Crippen molar-refractivity contribution in [3.05, 3.63) is 12.2 Å². The number of nitrogens with zero attached hydrogens (tertiary/aromatic N) is 3. The van der Waals surface area contributed by atoms with Crippen LogP contribution < -0.4 is 5.73 Å². The molecular formula is C11H17N5O. The fraction of sp³-hybridized carbons (Fsp3) is 0.727. The van der Waals surface area contributed by atoms with Gasteiger partial charge in [-0.2, -0.15) is 5.10 Å². The van der Waals surface area contributed by atoms with E-state index < -0.39 is 0 Å². The van der Waals surface area contributed by atoms with Gasteiger partial charge in [0.05, 0.1) is 0 Å². The first-order chi connectivity index (χ1) is 8.25. The number of carbonyl (C=O) groups is 1. The minimum Gasteiger partial charge on any atom is -0.335 e. The molecule has 3 atom stereocenters. The van der Waals surface area contributed by atoms with Crippen LogP contribution in [0.25, 0.3) is 0 Å². The van der Waals surface area contributed by atoms with Gasteiger partial charge in [0.1, 0.15) is 6.33 Å². The van der Waals surface area contributed by atoms with Gasteiger partial charge >= 0.3 is 0 Å². The van der Waals surface area contributed by atoms with E-state index in [2.05, 4.69) is 15.2 Å². The lowest BCUT2D eigenvalue weighted by molar-refractivity contribution is 0.0772. The molecule has 1 aromatic heterocycles. The maximum Gasteiger partial charge on any atom is 0.291 e. The Morgan fingerprint density at radius 1 is 1.47 bits per heavy atom. The molecule has 2 fully saturated rings. The number of hydrogen-bond donors (Lipinski definition) is 2. The number of aromatic amines is 1. The smallest absolute Gasteiger partial charge is 0.291 e. The molecule has 1 aliphatic heterocycles. The van der Waals surface area contributed by atoms with E-state index in [1.54, 1.807) is 0 Å². The molecule has 0 radical (unpaired) electrons. The van der Waals surface area contributed by atoms with Crippen LogP contribution in [-0.2, 0) is 0 Å². The molecule has 1 saturated carbocycles. The average molecular weight is 235 g/mol. The first kappa shape index (κ1) is 10.7. The summed E-state index contributed by atoms with van der Waals surface area (Å²) in [5.41, 5.74) is 6.13. The van der Waals surface area contributed by atoms with Crippen molar-refractivity contribution in [3.8, 4) is 0 Å². The van der Waals surface area contributed by atoms with Gasteiger partial charge in [-0.25, -0.2) is 4.98 Å². The van der Waals surface area contributed by atoms with E-state index in [9.17, 15) is 4.79 Å². The van der Waals surface area contributed by atoms with Gasteiger partial charge in [0, 0.05) is 19.1 Å². The van der Waals surface area contributed by atoms with E-state index in [-0.39, 0.29) is 11.9 Å². The largest absolute Gasteiger partial charge is 0.335 e. The molecule has 3 N–H and O–H groups in total. The minimum atomic E-state index is -0.0518. The fourth-order valence-corrected chi connectivity index (χ4v) is 3.14. The van der Waals surface area contributed by atoms with Crippen LogP contribution in [0.3, 0.4) is 0 Å². The molecule has 0 bridgehead atoms. The third-order valence-electron chi connectivity index (χ3n) is 4.06. The molecule has 1 amide bonds. The first-order valence-corrected chi connectivity index (χ1v) is 6.16. The third kappa shape index (κ3) is 1.82. The van der Waals surface area contributed by atoms with Gasteiger partial charge in [-0.3, -0.25) is 9.89 Å². The summed E-state index contributed by atoms with van der Waals surface area (Å²) in [6, 6.07) is 0.251. The average Bonchev–Trinajstić information content (AvgIpc) is 2.98. The number of fused-ring (bicyclic) bond motifs is 1. The Bertz CT molecular complexity index is 404. The van der Waals surface area contributed by atoms with Gasteiger partial charge in [-0.15, -0.1) is 0 Å². The SMILES string of the molecule is NC1CCCC2CN(C(=O)c3ncn[nH]3)CC12. The third-order valence-corrected chi connectivity index (χ3v) is 4.06. The lowest BCUT2D eigenvalue weighted by atomic mass is 9.78. The van der Waals surface area contributed by atoms with Crippen LogP contribution in [0.4, 0.5) is 0 Å². The predicted molar refractivity (Wildman–Crippen MR) is 61.1 cm³/mol. The number of nitrogens with two attached hydrogens (primary N) is 1. The van der Waals surface area contributed by atoms with Crippen LogP contribution in [-0.4, -0.2) is 45.1 Å². The number of nitrogens with one attached hydrogen (secondary N) is 1. The number of amides is 1. The minimum absolute atomic E-state index is 0.0518. The number of aromatic nitrogens is 3. The van der Waals surface area contributed by atoms with E-state index in [4.69, 9.17) is 5.73 Å². The van der Waals surface area contributed by atoms with Crippen LogP contribution in [0.15, 0.2) is 6.33 Å². The molecule has 17 heavy (non-hydrogen) atoms. The Morgan fingerprint density at radius 3 is 3.06 bits per heavy atom. The van der Waals surface area contributed by atoms with Crippen molar-refractivity contribution >= 4 is 5.91 Å². The second-order valence-corrected chi connectivity index (χ2v) is 5.06. The Labute approximate surface area is 99.6 Å². The summed E-state index contributed by atoms with van der Waals surface area (Å²) in [5, 5.41) is 6.33. The van der Waals surface area contributed by atoms with E-state index >= 15 is 0 Å². The monoisotopic (exact) mass is 235 g/mol. The van der Waals surface area contributed by atoms with E-state index in [0.717, 1.165) is 19.5 Å². The van der Waals surface area contributed by atoms with Gasteiger partial charge in [0.15, 0.2) is 0 Å². The van der Waals surface area contributed by atoms with Crippen LogP contribution in [0, 0.1) is 11.8 Å². The quantitative estimate of drug-likeness (QED) is 0.717. The van der Waals surface area contributed by atoms with Crippen LogP contribution >= 0.6 is 0 Å². The zero-order valence-electron chi connectivity index (χ0n) is 9.67. The summed E-state index contributed by atoms with van der Waals surface area (Å²) in [4.78, 5) is 17.9. The summed E-state index contributed by atoms with van der Waals surface area (Å²) < 4.78 is 0. The molecule has 0 spiro atoms. The van der Waals surface area contributed by atoms with Gasteiger partial charge in [-0.05, 0) is 24.7 Å². The molecule has 2 heterocycles. The van der Waals surface area contributed by atoms with E-state index in [1.165, 1.54) is 19.2 Å². The van der Waals surface area contributed by atoms with Gasteiger partial charge in [0.2, 0.25) is 5.82 Å². The standard InChI is InChI=1S/C11H17N5O/c12-9-3-1-2-7-4-16(5-8(7)9)11(17)10-13-6-14-15-10/h6-9H,1-5,12H2,(H,13,14,15).